The molecule has 1 aliphatic rings. The molecule has 1 fully saturated rings. The fourth-order valence-electron chi connectivity index (χ4n) is 0.722. The van der Waals surface area contributed by atoms with E-state index < -0.39 is 0 Å². The van der Waals surface area contributed by atoms with Gasteiger partial charge in [0.2, 0.25) is 0 Å². The van der Waals surface area contributed by atoms with Crippen LogP contribution in [0.5, 0.6) is 0 Å². The molecule has 0 aromatic carbocycles. The molecule has 3 heteroatoms. The van der Waals surface area contributed by atoms with Crippen molar-refractivity contribution in [3.05, 3.63) is 0 Å². The molecule has 43 valence electrons. The molecular formula is C4H12BO2. The summed E-state index contributed by atoms with van der Waals surface area (Å²) in [7, 11) is 2.36. The summed E-state index contributed by atoms with van der Waals surface area (Å²) in [5.74, 6) is 0. The van der Waals surface area contributed by atoms with Gasteiger partial charge in [-0.3, -0.25) is 0 Å². The van der Waals surface area contributed by atoms with Crippen LogP contribution in [0.25, 0.3) is 0 Å². The van der Waals surface area contributed by atoms with E-state index >= 15 is 0 Å². The van der Waals surface area contributed by atoms with Gasteiger partial charge in [0.1, 0.15) is 7.28 Å². The molecule has 0 aromatic rings. The van der Waals surface area contributed by atoms with Crippen LogP contribution in [-0.4, -0.2) is 18.2 Å². The third kappa shape index (κ3) is 3.82. The lowest BCUT2D eigenvalue weighted by atomic mass is 9.77. The predicted octanol–water partition coefficient (Wildman–Crippen LogP) is -0.328. The van der Waals surface area contributed by atoms with E-state index in [1.165, 1.54) is 25.5 Å². The highest BCUT2D eigenvalue weighted by atomic mass is 16.0. The van der Waals surface area contributed by atoms with Crippen molar-refractivity contribution in [3.8, 4) is 0 Å². The Balaban J connectivity index is 0. The van der Waals surface area contributed by atoms with Crippen LogP contribution in [0.2, 0.25) is 12.6 Å². The molecule has 1 heterocycles. The van der Waals surface area contributed by atoms with Crippen LogP contribution >= 0.6 is 0 Å². The van der Waals surface area contributed by atoms with Gasteiger partial charge in [-0.25, -0.2) is 0 Å². The minimum absolute atomic E-state index is 0. The van der Waals surface area contributed by atoms with Crippen molar-refractivity contribution < 1.29 is 11.0 Å². The third-order valence-electron chi connectivity index (χ3n) is 1.07. The minimum Gasteiger partial charge on any atom is -0.412 e. The van der Waals surface area contributed by atoms with Gasteiger partial charge >= 0.3 is 0 Å². The third-order valence-corrected chi connectivity index (χ3v) is 1.07. The second kappa shape index (κ2) is 5.98. The zero-order valence-electron chi connectivity index (χ0n) is 4.41. The number of hydrogen-bond donors (Lipinski definition) is 0. The summed E-state index contributed by atoms with van der Waals surface area (Å²) in [6.45, 7) is 0. The molecule has 0 saturated carbocycles. The molecule has 1 saturated heterocycles. The summed E-state index contributed by atoms with van der Waals surface area (Å²) >= 11 is 0. The van der Waals surface area contributed by atoms with Crippen LogP contribution in [0, 0.1) is 0 Å². The smallest absolute Gasteiger partial charge is 0.109 e. The van der Waals surface area contributed by atoms with Crippen molar-refractivity contribution in [2.24, 2.45) is 0 Å². The Morgan fingerprint density at radius 3 is 1.43 bits per heavy atom. The first-order valence-electron chi connectivity index (χ1n) is 2.32. The number of hydrogen-bond acceptors (Lipinski definition) is 0. The lowest BCUT2D eigenvalue weighted by molar-refractivity contribution is 0.823. The Morgan fingerprint density at radius 2 is 1.29 bits per heavy atom. The number of rotatable bonds is 0. The van der Waals surface area contributed by atoms with Crippen molar-refractivity contribution >= 4 is 7.28 Å². The molecule has 2 nitrogen and oxygen atoms in total. The quantitative estimate of drug-likeness (QED) is 0.377. The summed E-state index contributed by atoms with van der Waals surface area (Å²) in [5.41, 5.74) is 0. The van der Waals surface area contributed by atoms with Crippen molar-refractivity contribution in [1.29, 1.82) is 0 Å². The van der Waals surface area contributed by atoms with Gasteiger partial charge in [0.15, 0.2) is 0 Å². The van der Waals surface area contributed by atoms with Crippen LogP contribution in [0.3, 0.4) is 0 Å². The molecule has 0 aromatic heterocycles. The Morgan fingerprint density at radius 1 is 0.857 bits per heavy atom. The maximum atomic E-state index is 2.36. The van der Waals surface area contributed by atoms with Crippen molar-refractivity contribution in [3.63, 3.8) is 0 Å². The van der Waals surface area contributed by atoms with E-state index in [2.05, 4.69) is 7.28 Å². The maximum absolute atomic E-state index is 2.36. The molecule has 1 aliphatic heterocycles. The molecule has 0 amide bonds. The van der Waals surface area contributed by atoms with E-state index in [9.17, 15) is 0 Å². The van der Waals surface area contributed by atoms with Gasteiger partial charge in [-0.05, 0) is 0 Å². The highest BCUT2D eigenvalue weighted by molar-refractivity contribution is 6.36. The van der Waals surface area contributed by atoms with Crippen LogP contribution in [-0.2, 0) is 0 Å². The lowest BCUT2D eigenvalue weighted by Crippen LogP contribution is -1.68. The maximum Gasteiger partial charge on any atom is 0.109 e. The Kier molecular flexibility index (Phi) is 8.61. The van der Waals surface area contributed by atoms with Crippen LogP contribution in [0.15, 0.2) is 0 Å². The fraction of sp³-hybridized carbons (Fsp3) is 1.00. The Labute approximate surface area is 44.8 Å². The van der Waals surface area contributed by atoms with Crippen molar-refractivity contribution in [2.75, 3.05) is 0 Å². The molecule has 0 aliphatic carbocycles. The van der Waals surface area contributed by atoms with Gasteiger partial charge in [0, 0.05) is 0 Å². The molecule has 1 radical (unpaired) electrons. The zero-order valence-corrected chi connectivity index (χ0v) is 4.41. The van der Waals surface area contributed by atoms with Crippen LogP contribution in [0.1, 0.15) is 12.8 Å². The van der Waals surface area contributed by atoms with Gasteiger partial charge in [-0.2, -0.15) is 0 Å². The Bertz CT molecular complexity index is 21.3. The highest BCUT2D eigenvalue weighted by Gasteiger charge is 1.97. The van der Waals surface area contributed by atoms with E-state index in [4.69, 9.17) is 0 Å². The summed E-state index contributed by atoms with van der Waals surface area (Å²) in [4.78, 5) is 0. The normalized spacial score (nSPS) is 16.0. The van der Waals surface area contributed by atoms with E-state index in [-0.39, 0.29) is 11.0 Å². The van der Waals surface area contributed by atoms with Gasteiger partial charge in [0.05, 0.1) is 0 Å². The van der Waals surface area contributed by atoms with E-state index in [0.29, 0.717) is 0 Å². The predicted molar refractivity (Wildman–Crippen MR) is 31.8 cm³/mol. The first-order chi connectivity index (χ1) is 2.50. The molecular weight excluding hydrogens is 90.9 g/mol. The van der Waals surface area contributed by atoms with E-state index in [0.717, 1.165) is 0 Å². The molecule has 0 unspecified atom stereocenters. The molecule has 1 rings (SSSR count). The van der Waals surface area contributed by atoms with Gasteiger partial charge in [0.25, 0.3) is 0 Å². The van der Waals surface area contributed by atoms with Crippen molar-refractivity contribution in [1.82, 2.24) is 0 Å². The van der Waals surface area contributed by atoms with Crippen molar-refractivity contribution in [2.45, 2.75) is 25.5 Å². The molecule has 4 N–H and O–H groups in total. The Hall–Kier alpha value is -0.0151. The first-order valence-corrected chi connectivity index (χ1v) is 2.32. The monoisotopic (exact) mass is 103 g/mol. The van der Waals surface area contributed by atoms with Gasteiger partial charge < -0.3 is 11.0 Å². The summed E-state index contributed by atoms with van der Waals surface area (Å²) < 4.78 is 0. The van der Waals surface area contributed by atoms with Crippen LogP contribution in [0.4, 0.5) is 0 Å². The van der Waals surface area contributed by atoms with E-state index in [1.807, 2.05) is 0 Å². The lowest BCUT2D eigenvalue weighted by Gasteiger charge is -1.68. The zero-order chi connectivity index (χ0) is 3.54. The molecule has 7 heavy (non-hydrogen) atoms. The first kappa shape index (κ1) is 10.1. The molecule has 0 atom stereocenters. The fourth-order valence-corrected chi connectivity index (χ4v) is 0.722. The topological polar surface area (TPSA) is 63.0 Å². The minimum atomic E-state index is 0. The van der Waals surface area contributed by atoms with Crippen LogP contribution < -0.4 is 0 Å². The van der Waals surface area contributed by atoms with E-state index in [1.54, 1.807) is 0 Å². The van der Waals surface area contributed by atoms with Gasteiger partial charge in [-0.15, -0.1) is 0 Å². The SMILES string of the molecule is O.O.[B]1CCCC1. The summed E-state index contributed by atoms with van der Waals surface area (Å²) in [5, 5.41) is 0. The highest BCUT2D eigenvalue weighted by Crippen LogP contribution is 2.09. The largest absolute Gasteiger partial charge is 0.412 e. The second-order valence-electron chi connectivity index (χ2n) is 1.57. The average Bonchev–Trinajstić information content (AvgIpc) is 1.76. The average molecular weight is 103 g/mol. The summed E-state index contributed by atoms with van der Waals surface area (Å²) in [6.07, 6.45) is 5.64. The second-order valence-corrected chi connectivity index (χ2v) is 1.57. The van der Waals surface area contributed by atoms with Gasteiger partial charge in [-0.1, -0.05) is 25.5 Å². The molecule has 0 bridgehead atoms. The molecule has 0 spiro atoms. The standard InChI is InChI=1S/C4H8B.2H2O/c1-2-4-5-3-1;;/h1-4H2;2*1H2. The summed E-state index contributed by atoms with van der Waals surface area (Å²) in [6, 6.07) is 0.